The highest BCUT2D eigenvalue weighted by Crippen LogP contribution is 2.17. The van der Waals surface area contributed by atoms with Crippen molar-refractivity contribution in [2.24, 2.45) is 0 Å². The first-order chi connectivity index (χ1) is 11.5. The minimum absolute atomic E-state index is 0.124. The lowest BCUT2D eigenvalue weighted by molar-refractivity contribution is -0.120. The average Bonchev–Trinajstić information content (AvgIpc) is 2.95. The number of amides is 1. The van der Waals surface area contributed by atoms with E-state index in [1.807, 2.05) is 31.0 Å². The van der Waals surface area contributed by atoms with Crippen molar-refractivity contribution >= 4 is 23.3 Å². The third kappa shape index (κ3) is 5.54. The van der Waals surface area contributed by atoms with Gasteiger partial charge in [0.15, 0.2) is 5.82 Å². The summed E-state index contributed by atoms with van der Waals surface area (Å²) in [5, 5.41) is 7.14. The number of aryl methyl sites for hydroxylation is 1. The predicted octanol–water partition coefficient (Wildman–Crippen LogP) is 3.36. The summed E-state index contributed by atoms with van der Waals surface area (Å²) in [7, 11) is 1.90. The lowest BCUT2D eigenvalue weighted by Gasteiger charge is -2.23. The van der Waals surface area contributed by atoms with Crippen LogP contribution in [0.3, 0.4) is 0 Å². The molecule has 0 saturated carbocycles. The van der Waals surface area contributed by atoms with E-state index in [0.29, 0.717) is 23.2 Å². The molecule has 0 aliphatic heterocycles. The number of likely N-dealkylation sites (N-methyl/N-ethyl adjacent to an activating group) is 1. The van der Waals surface area contributed by atoms with Crippen molar-refractivity contribution in [3.05, 3.63) is 41.1 Å². The predicted molar refractivity (Wildman–Crippen MR) is 93.5 cm³/mol. The Morgan fingerprint density at radius 1 is 1.46 bits per heavy atom. The van der Waals surface area contributed by atoms with Gasteiger partial charge in [-0.25, -0.2) is 0 Å². The van der Waals surface area contributed by atoms with E-state index in [2.05, 4.69) is 10.5 Å². The van der Waals surface area contributed by atoms with Crippen molar-refractivity contribution in [1.82, 2.24) is 10.1 Å². The van der Waals surface area contributed by atoms with E-state index < -0.39 is 0 Å². The van der Waals surface area contributed by atoms with Gasteiger partial charge in [0, 0.05) is 17.6 Å². The second kappa shape index (κ2) is 8.70. The Bertz CT molecular complexity index is 675. The Balaban J connectivity index is 1.71. The van der Waals surface area contributed by atoms with Crippen LogP contribution in [0.5, 0.6) is 5.75 Å². The molecule has 2 aromatic rings. The van der Waals surface area contributed by atoms with Crippen molar-refractivity contribution < 1.29 is 14.1 Å². The van der Waals surface area contributed by atoms with Gasteiger partial charge in [0.05, 0.1) is 12.6 Å². The lowest BCUT2D eigenvalue weighted by atomic mass is 10.2. The third-order valence-electron chi connectivity index (χ3n) is 3.64. The highest BCUT2D eigenvalue weighted by molar-refractivity contribution is 6.30. The number of benzene rings is 1. The molecule has 1 atom stereocenters. The Hall–Kier alpha value is -2.05. The normalized spacial score (nSPS) is 12.2. The molecule has 0 unspecified atom stereocenters. The summed E-state index contributed by atoms with van der Waals surface area (Å²) in [6.45, 7) is 4.91. The van der Waals surface area contributed by atoms with Gasteiger partial charge in [-0.15, -0.1) is 0 Å². The zero-order valence-corrected chi connectivity index (χ0v) is 14.8. The van der Waals surface area contributed by atoms with Gasteiger partial charge in [0.25, 0.3) is 0 Å². The minimum Gasteiger partial charge on any atom is -0.493 e. The largest absolute Gasteiger partial charge is 0.493 e. The van der Waals surface area contributed by atoms with Gasteiger partial charge in [-0.1, -0.05) is 22.8 Å². The van der Waals surface area contributed by atoms with Gasteiger partial charge in [-0.2, -0.15) is 0 Å². The topological polar surface area (TPSA) is 67.6 Å². The fourth-order valence-corrected chi connectivity index (χ4v) is 2.29. The lowest BCUT2D eigenvalue weighted by Crippen LogP contribution is -2.40. The van der Waals surface area contributed by atoms with Crippen LogP contribution in [0.25, 0.3) is 0 Å². The molecule has 7 heteroatoms. The molecule has 0 saturated heterocycles. The van der Waals surface area contributed by atoms with Gasteiger partial charge >= 0.3 is 0 Å². The van der Waals surface area contributed by atoms with E-state index >= 15 is 0 Å². The number of carbonyl (C=O) groups excluding carboxylic acids is 1. The van der Waals surface area contributed by atoms with Crippen LogP contribution in [0.15, 0.2) is 34.9 Å². The summed E-state index contributed by atoms with van der Waals surface area (Å²) in [6.07, 6.45) is 0.795. The SMILES string of the molecule is Cc1cc(NC(=O)[C@@H](C)N(C)CCCOc2cccc(Cl)c2)no1. The van der Waals surface area contributed by atoms with Crippen LogP contribution in [-0.4, -0.2) is 42.2 Å². The van der Waals surface area contributed by atoms with Gasteiger partial charge < -0.3 is 14.6 Å². The number of ether oxygens (including phenoxy) is 1. The second-order valence-corrected chi connectivity index (χ2v) is 6.06. The molecular weight excluding hydrogens is 330 g/mol. The molecule has 0 aliphatic rings. The fourth-order valence-electron chi connectivity index (χ4n) is 2.11. The zero-order chi connectivity index (χ0) is 17.5. The van der Waals surface area contributed by atoms with Gasteiger partial charge in [-0.3, -0.25) is 9.69 Å². The monoisotopic (exact) mass is 351 g/mol. The molecular formula is C17H22ClN3O3. The molecule has 1 amide bonds. The van der Waals surface area contributed by atoms with Crippen LogP contribution in [-0.2, 0) is 4.79 Å². The zero-order valence-electron chi connectivity index (χ0n) is 14.1. The first kappa shape index (κ1) is 18.3. The summed E-state index contributed by atoms with van der Waals surface area (Å²) >= 11 is 5.91. The molecule has 0 spiro atoms. The van der Waals surface area contributed by atoms with Crippen molar-refractivity contribution in [2.45, 2.75) is 26.3 Å². The van der Waals surface area contributed by atoms with E-state index in [1.165, 1.54) is 0 Å². The number of rotatable bonds is 8. The van der Waals surface area contributed by atoms with Gasteiger partial charge in [-0.05, 0) is 45.5 Å². The Morgan fingerprint density at radius 2 is 2.25 bits per heavy atom. The van der Waals surface area contributed by atoms with E-state index in [0.717, 1.165) is 18.7 Å². The van der Waals surface area contributed by atoms with Crippen LogP contribution in [0.4, 0.5) is 5.82 Å². The highest BCUT2D eigenvalue weighted by atomic mass is 35.5. The Morgan fingerprint density at radius 3 is 2.92 bits per heavy atom. The van der Waals surface area contributed by atoms with E-state index in [4.69, 9.17) is 20.9 Å². The molecule has 1 N–H and O–H groups in total. The standard InChI is InChI=1S/C17H22ClN3O3/c1-12-10-16(20-24-12)19-17(22)13(2)21(3)8-5-9-23-15-7-4-6-14(18)11-15/h4,6-7,10-11,13H,5,8-9H2,1-3H3,(H,19,20,22)/t13-/m1/s1. The molecule has 0 fully saturated rings. The number of anilines is 1. The molecule has 1 aromatic heterocycles. The van der Waals surface area contributed by atoms with Gasteiger partial charge in [0.1, 0.15) is 11.5 Å². The summed E-state index contributed by atoms with van der Waals surface area (Å²) in [4.78, 5) is 14.1. The summed E-state index contributed by atoms with van der Waals surface area (Å²) in [5.74, 6) is 1.71. The molecule has 0 bridgehead atoms. The molecule has 6 nitrogen and oxygen atoms in total. The molecule has 24 heavy (non-hydrogen) atoms. The number of halogens is 1. The quantitative estimate of drug-likeness (QED) is 0.738. The number of hydrogen-bond donors (Lipinski definition) is 1. The smallest absolute Gasteiger partial charge is 0.242 e. The Labute approximate surface area is 146 Å². The fraction of sp³-hybridized carbons (Fsp3) is 0.412. The number of nitrogens with zero attached hydrogens (tertiary/aromatic N) is 2. The van der Waals surface area contributed by atoms with Gasteiger partial charge in [0.2, 0.25) is 5.91 Å². The number of aromatic nitrogens is 1. The first-order valence-electron chi connectivity index (χ1n) is 7.78. The van der Waals surface area contributed by atoms with Crippen LogP contribution < -0.4 is 10.1 Å². The number of carbonyl (C=O) groups is 1. The van der Waals surface area contributed by atoms with Crippen LogP contribution in [0.2, 0.25) is 5.02 Å². The van der Waals surface area contributed by atoms with Crippen LogP contribution in [0, 0.1) is 6.92 Å². The molecule has 130 valence electrons. The number of nitrogens with one attached hydrogen (secondary N) is 1. The molecule has 0 aliphatic carbocycles. The van der Waals surface area contributed by atoms with Crippen molar-refractivity contribution in [1.29, 1.82) is 0 Å². The maximum atomic E-state index is 12.2. The third-order valence-corrected chi connectivity index (χ3v) is 3.87. The van der Waals surface area contributed by atoms with E-state index in [9.17, 15) is 4.79 Å². The van der Waals surface area contributed by atoms with Crippen LogP contribution >= 0.6 is 11.6 Å². The van der Waals surface area contributed by atoms with E-state index in [-0.39, 0.29) is 11.9 Å². The Kier molecular flexibility index (Phi) is 6.63. The van der Waals surface area contributed by atoms with Crippen LogP contribution in [0.1, 0.15) is 19.1 Å². The number of hydrogen-bond acceptors (Lipinski definition) is 5. The van der Waals surface area contributed by atoms with Crippen molar-refractivity contribution in [2.75, 3.05) is 25.5 Å². The summed E-state index contributed by atoms with van der Waals surface area (Å²) in [5.41, 5.74) is 0. The molecule has 1 aromatic carbocycles. The second-order valence-electron chi connectivity index (χ2n) is 5.63. The average molecular weight is 352 g/mol. The maximum absolute atomic E-state index is 12.2. The summed E-state index contributed by atoms with van der Waals surface area (Å²) < 4.78 is 10.6. The molecule has 0 radical (unpaired) electrons. The first-order valence-corrected chi connectivity index (χ1v) is 8.16. The molecule has 1 heterocycles. The minimum atomic E-state index is -0.284. The van der Waals surface area contributed by atoms with Crippen molar-refractivity contribution in [3.8, 4) is 5.75 Å². The maximum Gasteiger partial charge on any atom is 0.242 e. The summed E-state index contributed by atoms with van der Waals surface area (Å²) in [6, 6.07) is 8.70. The highest BCUT2D eigenvalue weighted by Gasteiger charge is 2.18. The van der Waals surface area contributed by atoms with Crippen molar-refractivity contribution in [3.63, 3.8) is 0 Å². The molecule has 2 rings (SSSR count). The van der Waals surface area contributed by atoms with E-state index in [1.54, 1.807) is 25.1 Å².